The van der Waals surface area contributed by atoms with E-state index in [1.165, 1.54) is 6.92 Å². The molecule has 0 bridgehead atoms. The maximum atomic E-state index is 13.1. The van der Waals surface area contributed by atoms with E-state index in [0.717, 1.165) is 23.7 Å². The molecule has 0 aliphatic carbocycles. The molecular formula is C23H32N2O5S. The highest BCUT2D eigenvalue weighted by Crippen LogP contribution is 2.22. The van der Waals surface area contributed by atoms with E-state index >= 15 is 0 Å². The molecule has 1 N–H and O–H groups in total. The number of ether oxygens (including phenoxy) is 1. The number of esters is 1. The van der Waals surface area contributed by atoms with Crippen LogP contribution < -0.4 is 5.32 Å². The zero-order valence-electron chi connectivity index (χ0n) is 18.6. The van der Waals surface area contributed by atoms with Gasteiger partial charge in [0.1, 0.15) is 12.1 Å². The van der Waals surface area contributed by atoms with Crippen LogP contribution in [0.2, 0.25) is 0 Å². The summed E-state index contributed by atoms with van der Waals surface area (Å²) in [6, 6.07) is 7.96. The quantitative estimate of drug-likeness (QED) is 0.584. The summed E-state index contributed by atoms with van der Waals surface area (Å²) in [5, 5.41) is 2.78. The van der Waals surface area contributed by atoms with E-state index in [2.05, 4.69) is 5.32 Å². The van der Waals surface area contributed by atoms with Crippen LogP contribution in [0.4, 0.5) is 0 Å². The molecule has 7 nitrogen and oxygen atoms in total. The number of carbonyl (C=O) groups excluding carboxylic acids is 4. The van der Waals surface area contributed by atoms with Crippen LogP contribution in [0.5, 0.6) is 0 Å². The molecule has 1 saturated heterocycles. The van der Waals surface area contributed by atoms with Crippen LogP contribution in [-0.4, -0.2) is 58.3 Å². The van der Waals surface area contributed by atoms with Gasteiger partial charge in [-0.1, -0.05) is 49.0 Å². The molecule has 1 fully saturated rings. The van der Waals surface area contributed by atoms with Crippen molar-refractivity contribution in [2.45, 2.75) is 65.1 Å². The minimum absolute atomic E-state index is 0.0391. The second-order valence-electron chi connectivity index (χ2n) is 8.13. The summed E-state index contributed by atoms with van der Waals surface area (Å²) in [4.78, 5) is 51.3. The third-order valence-corrected chi connectivity index (χ3v) is 6.11. The summed E-state index contributed by atoms with van der Waals surface area (Å²) in [6.07, 6.45) is 1.27. The standard InChI is InChI=1S/C23H32N2O5S/c1-15(2)30-23(29)19(13-18-9-6-5-7-10-18)24-21(27)20-11-8-12-25(20)22(28)16(3)14-31-17(4)26/h5-7,9-10,15-16,19-20H,8,11-14H2,1-4H3,(H,24,27)/t16-,19+,20+/m1/s1. The Bertz CT molecular complexity index is 783. The highest BCUT2D eigenvalue weighted by Gasteiger charge is 2.37. The van der Waals surface area contributed by atoms with Gasteiger partial charge in [-0.3, -0.25) is 14.4 Å². The summed E-state index contributed by atoms with van der Waals surface area (Å²) in [5.74, 6) is -0.964. The van der Waals surface area contributed by atoms with Crippen molar-refractivity contribution in [3.63, 3.8) is 0 Å². The molecule has 1 aliphatic rings. The number of nitrogens with zero attached hydrogens (tertiary/aromatic N) is 1. The summed E-state index contributed by atoms with van der Waals surface area (Å²) in [5.41, 5.74) is 0.905. The SMILES string of the molecule is CC(=O)SC[C@@H](C)C(=O)N1CCC[C@H]1C(=O)N[C@@H](Cc1ccccc1)C(=O)OC(C)C. The normalized spacial score (nSPS) is 17.8. The first kappa shape index (κ1) is 24.9. The van der Waals surface area contributed by atoms with E-state index < -0.39 is 18.1 Å². The molecule has 2 amide bonds. The smallest absolute Gasteiger partial charge is 0.329 e. The summed E-state index contributed by atoms with van der Waals surface area (Å²) >= 11 is 1.11. The van der Waals surface area contributed by atoms with Gasteiger partial charge in [0.2, 0.25) is 11.8 Å². The van der Waals surface area contributed by atoms with Crippen LogP contribution >= 0.6 is 11.8 Å². The average Bonchev–Trinajstić information content (AvgIpc) is 3.21. The minimum atomic E-state index is -0.833. The Labute approximate surface area is 188 Å². The number of benzene rings is 1. The number of hydrogen-bond acceptors (Lipinski definition) is 6. The maximum Gasteiger partial charge on any atom is 0.329 e. The third-order valence-electron chi connectivity index (χ3n) is 5.03. The Morgan fingerprint density at radius 1 is 1.16 bits per heavy atom. The number of nitrogens with one attached hydrogen (secondary N) is 1. The van der Waals surface area contributed by atoms with E-state index in [1.54, 1.807) is 25.7 Å². The van der Waals surface area contributed by atoms with Gasteiger partial charge in [-0.2, -0.15) is 0 Å². The number of hydrogen-bond donors (Lipinski definition) is 1. The van der Waals surface area contributed by atoms with E-state index in [9.17, 15) is 19.2 Å². The zero-order valence-corrected chi connectivity index (χ0v) is 19.4. The van der Waals surface area contributed by atoms with Gasteiger partial charge < -0.3 is 15.0 Å². The molecule has 0 aromatic heterocycles. The van der Waals surface area contributed by atoms with Crippen molar-refractivity contribution in [2.24, 2.45) is 5.92 Å². The maximum absolute atomic E-state index is 13.1. The first-order valence-corrected chi connectivity index (χ1v) is 11.7. The van der Waals surface area contributed by atoms with Gasteiger partial charge in [0.25, 0.3) is 0 Å². The molecule has 3 atom stereocenters. The van der Waals surface area contributed by atoms with Gasteiger partial charge in [0, 0.05) is 31.6 Å². The number of likely N-dealkylation sites (tertiary alicyclic amines) is 1. The minimum Gasteiger partial charge on any atom is -0.461 e. The fraction of sp³-hybridized carbons (Fsp3) is 0.565. The Morgan fingerprint density at radius 3 is 2.45 bits per heavy atom. The molecule has 0 spiro atoms. The molecule has 1 aromatic carbocycles. The molecule has 2 rings (SSSR count). The van der Waals surface area contributed by atoms with Gasteiger partial charge in [-0.05, 0) is 32.3 Å². The van der Waals surface area contributed by atoms with Gasteiger partial charge in [0.05, 0.1) is 6.10 Å². The molecule has 1 aliphatic heterocycles. The molecule has 8 heteroatoms. The Kier molecular flexibility index (Phi) is 9.55. The molecule has 0 saturated carbocycles. The monoisotopic (exact) mass is 448 g/mol. The predicted octanol–water partition coefficient (Wildman–Crippen LogP) is 2.57. The Hall–Kier alpha value is -2.35. The first-order valence-electron chi connectivity index (χ1n) is 10.7. The van der Waals surface area contributed by atoms with Crippen LogP contribution in [0, 0.1) is 5.92 Å². The van der Waals surface area contributed by atoms with Crippen molar-refractivity contribution in [3.05, 3.63) is 35.9 Å². The summed E-state index contributed by atoms with van der Waals surface area (Å²) in [6.45, 7) is 7.25. The van der Waals surface area contributed by atoms with E-state index in [-0.39, 0.29) is 29.0 Å². The second kappa shape index (κ2) is 11.9. The van der Waals surface area contributed by atoms with Crippen molar-refractivity contribution in [2.75, 3.05) is 12.3 Å². The summed E-state index contributed by atoms with van der Waals surface area (Å²) in [7, 11) is 0. The van der Waals surface area contributed by atoms with E-state index in [4.69, 9.17) is 4.74 Å². The molecule has 0 radical (unpaired) electrons. The van der Waals surface area contributed by atoms with E-state index in [1.807, 2.05) is 30.3 Å². The lowest BCUT2D eigenvalue weighted by molar-refractivity contribution is -0.152. The van der Waals surface area contributed by atoms with Gasteiger partial charge in [-0.15, -0.1) is 0 Å². The van der Waals surface area contributed by atoms with Crippen LogP contribution in [0.1, 0.15) is 46.1 Å². The highest BCUT2D eigenvalue weighted by atomic mass is 32.2. The van der Waals surface area contributed by atoms with Crippen molar-refractivity contribution >= 4 is 34.7 Å². The van der Waals surface area contributed by atoms with Crippen molar-refractivity contribution in [3.8, 4) is 0 Å². The Balaban J connectivity index is 2.08. The fourth-order valence-corrected chi connectivity index (χ4v) is 4.15. The third kappa shape index (κ3) is 7.69. The number of amides is 2. The highest BCUT2D eigenvalue weighted by molar-refractivity contribution is 8.13. The fourth-order valence-electron chi connectivity index (χ4n) is 3.53. The van der Waals surface area contributed by atoms with E-state index in [0.29, 0.717) is 25.1 Å². The first-order chi connectivity index (χ1) is 14.7. The molecule has 1 aromatic rings. The van der Waals surface area contributed by atoms with Crippen LogP contribution in [0.3, 0.4) is 0 Å². The lowest BCUT2D eigenvalue weighted by atomic mass is 10.0. The second-order valence-corrected chi connectivity index (χ2v) is 9.33. The number of thioether (sulfide) groups is 1. The molecule has 1 heterocycles. The summed E-state index contributed by atoms with van der Waals surface area (Å²) < 4.78 is 5.35. The van der Waals surface area contributed by atoms with Gasteiger partial charge in [0.15, 0.2) is 5.12 Å². The van der Waals surface area contributed by atoms with Gasteiger partial charge in [-0.25, -0.2) is 4.79 Å². The molecule has 170 valence electrons. The number of rotatable bonds is 9. The lowest BCUT2D eigenvalue weighted by Gasteiger charge is -2.28. The zero-order chi connectivity index (χ0) is 23.0. The van der Waals surface area contributed by atoms with Crippen LogP contribution in [0.15, 0.2) is 30.3 Å². The largest absolute Gasteiger partial charge is 0.461 e. The van der Waals surface area contributed by atoms with Gasteiger partial charge >= 0.3 is 5.97 Å². The van der Waals surface area contributed by atoms with Crippen molar-refractivity contribution in [1.82, 2.24) is 10.2 Å². The van der Waals surface area contributed by atoms with Crippen molar-refractivity contribution in [1.29, 1.82) is 0 Å². The average molecular weight is 449 g/mol. The molecule has 31 heavy (non-hydrogen) atoms. The van der Waals surface area contributed by atoms with Crippen molar-refractivity contribution < 1.29 is 23.9 Å². The molecule has 0 unspecified atom stereocenters. The predicted molar refractivity (Wildman–Crippen MR) is 120 cm³/mol. The van der Waals surface area contributed by atoms with Crippen LogP contribution in [-0.2, 0) is 30.3 Å². The Morgan fingerprint density at radius 2 is 1.84 bits per heavy atom. The lowest BCUT2D eigenvalue weighted by Crippen LogP contribution is -2.53. The molecular weight excluding hydrogens is 416 g/mol. The topological polar surface area (TPSA) is 92.8 Å². The number of carbonyl (C=O) groups is 4. The van der Waals surface area contributed by atoms with Crippen LogP contribution in [0.25, 0.3) is 0 Å².